The third kappa shape index (κ3) is 3.22. The summed E-state index contributed by atoms with van der Waals surface area (Å²) in [5.41, 5.74) is 0. The van der Waals surface area contributed by atoms with Gasteiger partial charge in [0.1, 0.15) is 4.90 Å². The maximum Gasteiger partial charge on any atom is 0.371 e. The minimum atomic E-state index is -3.82. The molecule has 0 aliphatic carbocycles. The predicted octanol–water partition coefficient (Wildman–Crippen LogP) is 1.44. The number of hydrogen-bond acceptors (Lipinski definition) is 5. The summed E-state index contributed by atoms with van der Waals surface area (Å²) in [6.45, 7) is 2.75. The van der Waals surface area contributed by atoms with E-state index in [-0.39, 0.29) is 28.1 Å². The Hall–Kier alpha value is -0.900. The van der Waals surface area contributed by atoms with Crippen LogP contribution in [0.4, 0.5) is 0 Å². The SMILES string of the molecule is CC1OCCC1CNS(=O)(=O)c1cc(C(=O)O)oc1Br. The van der Waals surface area contributed by atoms with E-state index in [1.807, 2.05) is 6.92 Å². The maximum absolute atomic E-state index is 12.1. The molecule has 1 aliphatic rings. The largest absolute Gasteiger partial charge is 0.475 e. The number of carboxylic acid groups (broad SMARTS) is 1. The van der Waals surface area contributed by atoms with E-state index in [9.17, 15) is 13.2 Å². The second-order valence-corrected chi connectivity index (χ2v) is 6.99. The number of carbonyl (C=O) groups is 1. The van der Waals surface area contributed by atoms with Crippen molar-refractivity contribution in [2.24, 2.45) is 5.92 Å². The highest BCUT2D eigenvalue weighted by atomic mass is 79.9. The van der Waals surface area contributed by atoms with Gasteiger partial charge in [-0.1, -0.05) is 0 Å². The first-order valence-corrected chi connectivity index (χ1v) is 8.23. The highest BCUT2D eigenvalue weighted by Gasteiger charge is 2.29. The summed E-state index contributed by atoms with van der Waals surface area (Å²) in [5.74, 6) is -1.66. The Morgan fingerprint density at radius 1 is 1.60 bits per heavy atom. The summed E-state index contributed by atoms with van der Waals surface area (Å²) in [7, 11) is -3.82. The van der Waals surface area contributed by atoms with Gasteiger partial charge >= 0.3 is 5.97 Å². The van der Waals surface area contributed by atoms with Gasteiger partial charge in [0.25, 0.3) is 0 Å². The van der Waals surface area contributed by atoms with Crippen molar-refractivity contribution >= 4 is 31.9 Å². The van der Waals surface area contributed by atoms with Gasteiger partial charge in [-0.05, 0) is 29.3 Å². The number of furan rings is 1. The van der Waals surface area contributed by atoms with Crippen LogP contribution in [0.25, 0.3) is 0 Å². The van der Waals surface area contributed by atoms with Crippen LogP contribution in [0.5, 0.6) is 0 Å². The average molecular weight is 368 g/mol. The van der Waals surface area contributed by atoms with Gasteiger partial charge in [-0.2, -0.15) is 0 Å². The van der Waals surface area contributed by atoms with Crippen LogP contribution < -0.4 is 4.72 Å². The van der Waals surface area contributed by atoms with Gasteiger partial charge in [-0.3, -0.25) is 0 Å². The summed E-state index contributed by atoms with van der Waals surface area (Å²) >= 11 is 2.91. The lowest BCUT2D eigenvalue weighted by atomic mass is 10.0. The Bertz CT molecular complexity index is 610. The fraction of sp³-hybridized carbons (Fsp3) is 0.545. The summed E-state index contributed by atoms with van der Waals surface area (Å²) in [6, 6.07) is 0.976. The second kappa shape index (κ2) is 5.84. The van der Waals surface area contributed by atoms with Crippen LogP contribution in [-0.4, -0.2) is 38.7 Å². The minimum Gasteiger partial charge on any atom is -0.475 e. The van der Waals surface area contributed by atoms with Crippen LogP contribution in [0.1, 0.15) is 23.9 Å². The Kier molecular flexibility index (Phi) is 4.52. The zero-order valence-electron chi connectivity index (χ0n) is 10.6. The zero-order valence-corrected chi connectivity index (χ0v) is 13.0. The molecule has 2 rings (SSSR count). The number of nitrogens with one attached hydrogen (secondary N) is 1. The van der Waals surface area contributed by atoms with E-state index in [0.717, 1.165) is 12.5 Å². The molecule has 2 N–H and O–H groups in total. The van der Waals surface area contributed by atoms with E-state index in [0.29, 0.717) is 6.61 Å². The molecule has 1 saturated heterocycles. The number of halogens is 1. The molecule has 1 aromatic rings. The zero-order chi connectivity index (χ0) is 14.9. The molecular formula is C11H14BrNO6S. The van der Waals surface area contributed by atoms with Gasteiger partial charge in [-0.15, -0.1) is 0 Å². The van der Waals surface area contributed by atoms with E-state index in [1.165, 1.54) is 0 Å². The summed E-state index contributed by atoms with van der Waals surface area (Å²) in [5, 5.41) is 8.78. The lowest BCUT2D eigenvalue weighted by Gasteiger charge is -2.14. The summed E-state index contributed by atoms with van der Waals surface area (Å²) < 4.78 is 36.7. The topological polar surface area (TPSA) is 106 Å². The Morgan fingerprint density at radius 3 is 2.80 bits per heavy atom. The van der Waals surface area contributed by atoms with Crippen molar-refractivity contribution in [2.75, 3.05) is 13.2 Å². The molecular weight excluding hydrogens is 354 g/mol. The molecule has 0 aromatic carbocycles. The highest BCUT2D eigenvalue weighted by Crippen LogP contribution is 2.27. The number of carboxylic acids is 1. The average Bonchev–Trinajstić information content (AvgIpc) is 2.93. The molecule has 0 amide bonds. The number of hydrogen-bond donors (Lipinski definition) is 2. The molecule has 20 heavy (non-hydrogen) atoms. The van der Waals surface area contributed by atoms with E-state index in [1.54, 1.807) is 0 Å². The normalized spacial score (nSPS) is 23.1. The highest BCUT2D eigenvalue weighted by molar-refractivity contribution is 9.10. The van der Waals surface area contributed by atoms with E-state index in [2.05, 4.69) is 20.7 Å². The van der Waals surface area contributed by atoms with Crippen molar-refractivity contribution in [1.82, 2.24) is 4.72 Å². The maximum atomic E-state index is 12.1. The van der Waals surface area contributed by atoms with E-state index < -0.39 is 21.8 Å². The Labute approximate surface area is 124 Å². The number of aromatic carboxylic acids is 1. The third-order valence-electron chi connectivity index (χ3n) is 3.22. The fourth-order valence-corrected chi connectivity index (χ4v) is 4.01. The summed E-state index contributed by atoms with van der Waals surface area (Å²) in [4.78, 5) is 10.5. The van der Waals surface area contributed by atoms with Crippen molar-refractivity contribution in [3.63, 3.8) is 0 Å². The molecule has 1 aliphatic heterocycles. The van der Waals surface area contributed by atoms with Gasteiger partial charge in [0.05, 0.1) is 6.10 Å². The van der Waals surface area contributed by atoms with Crippen LogP contribution in [0, 0.1) is 5.92 Å². The molecule has 0 bridgehead atoms. The first-order chi connectivity index (χ1) is 9.31. The van der Waals surface area contributed by atoms with Gasteiger partial charge in [0.15, 0.2) is 4.67 Å². The smallest absolute Gasteiger partial charge is 0.371 e. The van der Waals surface area contributed by atoms with Crippen molar-refractivity contribution in [1.29, 1.82) is 0 Å². The third-order valence-corrected chi connectivity index (χ3v) is 5.51. The molecule has 1 fully saturated rings. The van der Waals surface area contributed by atoms with Crippen LogP contribution in [0.2, 0.25) is 0 Å². The number of ether oxygens (including phenoxy) is 1. The van der Waals surface area contributed by atoms with Crippen LogP contribution in [0.3, 0.4) is 0 Å². The minimum absolute atomic E-state index is 0.0000657. The fourth-order valence-electron chi connectivity index (χ4n) is 1.98. The van der Waals surface area contributed by atoms with Crippen molar-refractivity contribution in [2.45, 2.75) is 24.3 Å². The predicted molar refractivity (Wildman–Crippen MR) is 72.1 cm³/mol. The van der Waals surface area contributed by atoms with E-state index >= 15 is 0 Å². The van der Waals surface area contributed by atoms with Gasteiger partial charge in [-0.25, -0.2) is 17.9 Å². The lowest BCUT2D eigenvalue weighted by molar-refractivity contribution is 0.0661. The van der Waals surface area contributed by atoms with Crippen molar-refractivity contribution in [3.8, 4) is 0 Å². The quantitative estimate of drug-likeness (QED) is 0.815. The van der Waals surface area contributed by atoms with E-state index in [4.69, 9.17) is 14.3 Å². The van der Waals surface area contributed by atoms with Crippen LogP contribution >= 0.6 is 15.9 Å². The van der Waals surface area contributed by atoms with Gasteiger partial charge < -0.3 is 14.3 Å². The first kappa shape index (κ1) is 15.5. The van der Waals surface area contributed by atoms with Crippen molar-refractivity contribution < 1.29 is 27.5 Å². The van der Waals surface area contributed by atoms with Gasteiger partial charge in [0, 0.05) is 25.1 Å². The Balaban J connectivity index is 2.12. The molecule has 0 radical (unpaired) electrons. The molecule has 2 atom stereocenters. The molecule has 112 valence electrons. The molecule has 2 unspecified atom stereocenters. The monoisotopic (exact) mass is 367 g/mol. The molecule has 9 heteroatoms. The molecule has 0 saturated carbocycles. The molecule has 7 nitrogen and oxygen atoms in total. The number of sulfonamides is 1. The standard InChI is InChI=1S/C11H14BrNO6S/c1-6-7(2-3-18-6)5-13-20(16,17)9-4-8(11(14)15)19-10(9)12/h4,6-7,13H,2-3,5H2,1H3,(H,14,15). The summed E-state index contributed by atoms with van der Waals surface area (Å²) in [6.07, 6.45) is 0.788. The molecule has 0 spiro atoms. The molecule has 1 aromatic heterocycles. The molecule has 2 heterocycles. The number of rotatable bonds is 5. The Morgan fingerprint density at radius 2 is 2.30 bits per heavy atom. The first-order valence-electron chi connectivity index (χ1n) is 5.95. The van der Waals surface area contributed by atoms with Crippen molar-refractivity contribution in [3.05, 3.63) is 16.5 Å². The van der Waals surface area contributed by atoms with Gasteiger partial charge in [0.2, 0.25) is 15.8 Å². The lowest BCUT2D eigenvalue weighted by Crippen LogP contribution is -2.32. The van der Waals surface area contributed by atoms with Crippen LogP contribution in [-0.2, 0) is 14.8 Å². The van der Waals surface area contributed by atoms with Crippen LogP contribution in [0.15, 0.2) is 20.0 Å². The second-order valence-electron chi connectivity index (χ2n) is 4.53.